The summed E-state index contributed by atoms with van der Waals surface area (Å²) in [5.74, 6) is -0.0977. The van der Waals surface area contributed by atoms with E-state index < -0.39 is 0 Å². The van der Waals surface area contributed by atoms with Crippen LogP contribution in [0.25, 0.3) is 0 Å². The predicted molar refractivity (Wildman–Crippen MR) is 102 cm³/mol. The van der Waals surface area contributed by atoms with Crippen LogP contribution < -0.4 is 0 Å². The molecule has 0 fully saturated rings. The van der Waals surface area contributed by atoms with Gasteiger partial charge in [0.1, 0.15) is 0 Å². The van der Waals surface area contributed by atoms with Crippen LogP contribution in [0.4, 0.5) is 0 Å². The summed E-state index contributed by atoms with van der Waals surface area (Å²) in [6, 6.07) is 19.7. The lowest BCUT2D eigenvalue weighted by atomic mass is 9.84. The summed E-state index contributed by atoms with van der Waals surface area (Å²) in [5, 5.41) is 9.60. The maximum atomic E-state index is 9.60. The Hall–Kier alpha value is -2.07. The number of nitriles is 1. The van der Waals surface area contributed by atoms with Gasteiger partial charge in [-0.15, -0.1) is 0 Å². The van der Waals surface area contributed by atoms with Crippen molar-refractivity contribution >= 4 is 0 Å². The highest BCUT2D eigenvalue weighted by molar-refractivity contribution is 5.35. The van der Waals surface area contributed by atoms with Crippen LogP contribution in [0.1, 0.15) is 69.7 Å². The number of benzene rings is 2. The Bertz CT molecular complexity index is 701. The zero-order valence-corrected chi connectivity index (χ0v) is 15.9. The van der Waals surface area contributed by atoms with Gasteiger partial charge in [0.15, 0.2) is 0 Å². The second-order valence-electron chi connectivity index (χ2n) is 8.70. The summed E-state index contributed by atoms with van der Waals surface area (Å²) in [6.45, 7) is 13.3. The maximum absolute atomic E-state index is 9.60. The van der Waals surface area contributed by atoms with Crippen LogP contribution in [0.3, 0.4) is 0 Å². The number of nitrogens with zero attached hydrogens (tertiary/aromatic N) is 1. The highest BCUT2D eigenvalue weighted by Crippen LogP contribution is 2.27. The van der Waals surface area contributed by atoms with Crippen LogP contribution >= 0.6 is 0 Å². The number of hydrogen-bond acceptors (Lipinski definition) is 1. The average Bonchev–Trinajstić information content (AvgIpc) is 2.51. The van der Waals surface area contributed by atoms with E-state index in [0.29, 0.717) is 0 Å². The molecule has 0 N–H and O–H groups in total. The van der Waals surface area contributed by atoms with E-state index in [1.165, 1.54) is 16.7 Å². The van der Waals surface area contributed by atoms with Gasteiger partial charge in [-0.1, -0.05) is 90.1 Å². The first-order chi connectivity index (χ1) is 11.1. The molecule has 0 aromatic heterocycles. The maximum Gasteiger partial charge on any atom is 0.0753 e. The van der Waals surface area contributed by atoms with Crippen molar-refractivity contribution in [3.05, 3.63) is 70.8 Å². The van der Waals surface area contributed by atoms with Crippen molar-refractivity contribution in [3.8, 4) is 6.07 Å². The van der Waals surface area contributed by atoms with Gasteiger partial charge in [-0.25, -0.2) is 0 Å². The molecule has 0 aliphatic carbocycles. The van der Waals surface area contributed by atoms with Crippen molar-refractivity contribution in [3.63, 3.8) is 0 Å². The molecule has 0 saturated carbocycles. The Labute approximate surface area is 147 Å². The third-order valence-corrected chi connectivity index (χ3v) is 4.59. The van der Waals surface area contributed by atoms with E-state index in [0.717, 1.165) is 12.0 Å². The summed E-state index contributed by atoms with van der Waals surface area (Å²) in [6.07, 6.45) is 0.760. The third kappa shape index (κ3) is 4.48. The fourth-order valence-electron chi connectivity index (χ4n) is 2.83. The van der Waals surface area contributed by atoms with Crippen molar-refractivity contribution in [1.82, 2.24) is 0 Å². The minimum atomic E-state index is -0.0977. The molecule has 1 nitrogen and oxygen atoms in total. The Morgan fingerprint density at radius 1 is 0.750 bits per heavy atom. The molecule has 0 heterocycles. The molecular weight excluding hydrogens is 290 g/mol. The van der Waals surface area contributed by atoms with E-state index in [1.54, 1.807) is 0 Å². The lowest BCUT2D eigenvalue weighted by Gasteiger charge is -2.20. The van der Waals surface area contributed by atoms with E-state index in [4.69, 9.17) is 0 Å². The molecule has 2 rings (SSSR count). The molecule has 126 valence electrons. The fourth-order valence-corrected chi connectivity index (χ4v) is 2.83. The summed E-state index contributed by atoms with van der Waals surface area (Å²) < 4.78 is 0. The Morgan fingerprint density at radius 2 is 1.17 bits per heavy atom. The second-order valence-corrected chi connectivity index (χ2v) is 8.70. The SMILES string of the molecule is CC(C)(C)c1ccc(CC(C#N)c2ccc(C(C)(C)C)cc2)cc1. The van der Waals surface area contributed by atoms with Crippen molar-refractivity contribution < 1.29 is 0 Å². The number of hydrogen-bond donors (Lipinski definition) is 0. The van der Waals surface area contributed by atoms with E-state index in [9.17, 15) is 5.26 Å². The van der Waals surface area contributed by atoms with Gasteiger partial charge in [0, 0.05) is 0 Å². The van der Waals surface area contributed by atoms with Crippen LogP contribution in [-0.4, -0.2) is 0 Å². The Morgan fingerprint density at radius 3 is 1.54 bits per heavy atom. The van der Waals surface area contributed by atoms with E-state index >= 15 is 0 Å². The molecule has 0 spiro atoms. The highest BCUT2D eigenvalue weighted by atomic mass is 14.3. The summed E-state index contributed by atoms with van der Waals surface area (Å²) in [5.41, 5.74) is 5.26. The monoisotopic (exact) mass is 319 g/mol. The number of rotatable bonds is 3. The first-order valence-electron chi connectivity index (χ1n) is 8.71. The predicted octanol–water partition coefficient (Wildman–Crippen LogP) is 6.13. The van der Waals surface area contributed by atoms with Crippen LogP contribution in [0, 0.1) is 11.3 Å². The molecule has 0 radical (unpaired) electrons. The lowest BCUT2D eigenvalue weighted by Crippen LogP contribution is -2.11. The van der Waals surface area contributed by atoms with Gasteiger partial charge in [0.2, 0.25) is 0 Å². The van der Waals surface area contributed by atoms with Crippen molar-refractivity contribution in [2.45, 2.75) is 64.7 Å². The average molecular weight is 319 g/mol. The molecule has 0 bridgehead atoms. The van der Waals surface area contributed by atoms with Gasteiger partial charge in [0.05, 0.1) is 12.0 Å². The second kappa shape index (κ2) is 6.81. The first-order valence-corrected chi connectivity index (χ1v) is 8.71. The summed E-state index contributed by atoms with van der Waals surface area (Å²) in [4.78, 5) is 0. The Balaban J connectivity index is 2.17. The van der Waals surface area contributed by atoms with Gasteiger partial charge in [-0.2, -0.15) is 5.26 Å². The van der Waals surface area contributed by atoms with Crippen LogP contribution in [0.2, 0.25) is 0 Å². The zero-order valence-electron chi connectivity index (χ0n) is 15.9. The molecule has 1 unspecified atom stereocenters. The van der Waals surface area contributed by atoms with Crippen molar-refractivity contribution in [2.75, 3.05) is 0 Å². The standard InChI is InChI=1S/C23H29N/c1-22(2,3)20-11-7-17(8-12-20)15-19(16-24)18-9-13-21(14-10-18)23(4,5)6/h7-14,19H,15H2,1-6H3. The van der Waals surface area contributed by atoms with Gasteiger partial charge in [-0.05, 0) is 39.5 Å². The molecule has 0 saturated heterocycles. The summed E-state index contributed by atoms with van der Waals surface area (Å²) in [7, 11) is 0. The molecule has 0 aliphatic heterocycles. The Kier molecular flexibility index (Phi) is 5.19. The highest BCUT2D eigenvalue weighted by Gasteiger charge is 2.17. The zero-order chi connectivity index (χ0) is 18.0. The van der Waals surface area contributed by atoms with Gasteiger partial charge in [0.25, 0.3) is 0 Å². The van der Waals surface area contributed by atoms with Crippen LogP contribution in [0.5, 0.6) is 0 Å². The van der Waals surface area contributed by atoms with E-state index in [-0.39, 0.29) is 16.7 Å². The summed E-state index contributed by atoms with van der Waals surface area (Å²) >= 11 is 0. The molecule has 0 amide bonds. The quantitative estimate of drug-likeness (QED) is 0.667. The smallest absolute Gasteiger partial charge is 0.0753 e. The molecule has 2 aromatic rings. The van der Waals surface area contributed by atoms with Gasteiger partial charge in [-0.3, -0.25) is 0 Å². The lowest BCUT2D eigenvalue weighted by molar-refractivity contribution is 0.589. The minimum absolute atomic E-state index is 0.0977. The normalized spacial score (nSPS) is 13.4. The van der Waals surface area contributed by atoms with Gasteiger partial charge < -0.3 is 0 Å². The minimum Gasteiger partial charge on any atom is -0.198 e. The van der Waals surface area contributed by atoms with E-state index in [2.05, 4.69) is 96.1 Å². The molecule has 1 atom stereocenters. The van der Waals surface area contributed by atoms with Crippen LogP contribution in [-0.2, 0) is 17.3 Å². The fraction of sp³-hybridized carbons (Fsp3) is 0.435. The van der Waals surface area contributed by atoms with E-state index in [1.807, 2.05) is 0 Å². The molecule has 1 heteroatoms. The van der Waals surface area contributed by atoms with Gasteiger partial charge >= 0.3 is 0 Å². The largest absolute Gasteiger partial charge is 0.198 e. The molecule has 24 heavy (non-hydrogen) atoms. The van der Waals surface area contributed by atoms with Crippen molar-refractivity contribution in [2.24, 2.45) is 0 Å². The molecule has 2 aromatic carbocycles. The topological polar surface area (TPSA) is 23.8 Å². The molecular formula is C23H29N. The third-order valence-electron chi connectivity index (χ3n) is 4.59. The first kappa shape index (κ1) is 18.3. The molecule has 0 aliphatic rings. The van der Waals surface area contributed by atoms with Crippen LogP contribution in [0.15, 0.2) is 48.5 Å². The van der Waals surface area contributed by atoms with Crippen molar-refractivity contribution in [1.29, 1.82) is 5.26 Å².